The molecule has 1 saturated heterocycles. The van der Waals surface area contributed by atoms with E-state index >= 15 is 0 Å². The molecule has 0 saturated carbocycles. The fraction of sp³-hybridized carbons (Fsp3) is 0.194. The number of carbonyl (C=O) groups is 3. The van der Waals surface area contributed by atoms with Crippen LogP contribution in [-0.2, 0) is 24.3 Å². The van der Waals surface area contributed by atoms with Crippen LogP contribution in [0.2, 0.25) is 5.02 Å². The SMILES string of the molecule is O=C(NC1c2nc[nH]c2N=CN1CC(=O)N1CCN(S(=O)(=O)c2ccc(Cl)cc2[N+](=O)[O-])C(=O)C1)OC(c1ccccc1)c1ccccc1. The predicted molar refractivity (Wildman–Crippen MR) is 174 cm³/mol. The van der Waals surface area contributed by atoms with Gasteiger partial charge in [0.25, 0.3) is 21.6 Å². The summed E-state index contributed by atoms with van der Waals surface area (Å²) in [6.07, 6.45) is 0.145. The number of nitro benzene ring substituents is 1. The molecule has 18 heteroatoms. The van der Waals surface area contributed by atoms with E-state index < -0.39 is 68.8 Å². The molecule has 1 fully saturated rings. The van der Waals surface area contributed by atoms with Crippen LogP contribution in [0.25, 0.3) is 0 Å². The number of halogens is 1. The zero-order chi connectivity index (χ0) is 34.7. The maximum absolute atomic E-state index is 13.5. The smallest absolute Gasteiger partial charge is 0.410 e. The lowest BCUT2D eigenvalue weighted by Gasteiger charge is -2.36. The van der Waals surface area contributed by atoms with E-state index in [0.717, 1.165) is 28.2 Å². The van der Waals surface area contributed by atoms with Gasteiger partial charge in [0.05, 0.1) is 24.1 Å². The lowest BCUT2D eigenvalue weighted by atomic mass is 10.0. The molecule has 2 aliphatic rings. The lowest BCUT2D eigenvalue weighted by molar-refractivity contribution is -0.387. The maximum atomic E-state index is 13.5. The van der Waals surface area contributed by atoms with Gasteiger partial charge in [0.1, 0.15) is 18.8 Å². The zero-order valence-electron chi connectivity index (χ0n) is 25.4. The molecule has 1 unspecified atom stereocenters. The highest BCUT2D eigenvalue weighted by Gasteiger charge is 2.40. The van der Waals surface area contributed by atoms with Crippen molar-refractivity contribution in [2.45, 2.75) is 17.2 Å². The van der Waals surface area contributed by atoms with Crippen molar-refractivity contribution in [2.75, 3.05) is 26.2 Å². The summed E-state index contributed by atoms with van der Waals surface area (Å²) in [4.78, 5) is 63.8. The quantitative estimate of drug-likeness (QED) is 0.192. The molecule has 4 aromatic rings. The van der Waals surface area contributed by atoms with E-state index in [1.807, 2.05) is 60.7 Å². The monoisotopic (exact) mass is 706 g/mol. The third-order valence-corrected chi connectivity index (χ3v) is 9.89. The Morgan fingerprint density at radius 3 is 2.37 bits per heavy atom. The summed E-state index contributed by atoms with van der Waals surface area (Å²) < 4.78 is 33.0. The van der Waals surface area contributed by atoms with Gasteiger partial charge in [-0.2, -0.15) is 0 Å². The molecule has 3 aromatic carbocycles. The van der Waals surface area contributed by atoms with E-state index in [2.05, 4.69) is 20.3 Å². The highest BCUT2D eigenvalue weighted by molar-refractivity contribution is 7.89. The molecule has 1 aromatic heterocycles. The number of hydrogen-bond acceptors (Lipinski definition) is 11. The number of aromatic amines is 1. The molecule has 1 atom stereocenters. The number of carbonyl (C=O) groups excluding carboxylic acids is 3. The normalized spacial score (nSPS) is 16.0. The fourth-order valence-corrected chi connectivity index (χ4v) is 7.12. The summed E-state index contributed by atoms with van der Waals surface area (Å²) >= 11 is 5.82. The minimum atomic E-state index is -4.64. The van der Waals surface area contributed by atoms with Gasteiger partial charge in [-0.3, -0.25) is 25.0 Å². The molecular formula is C31H27ClN8O8S. The van der Waals surface area contributed by atoms with E-state index in [-0.39, 0.29) is 18.1 Å². The molecule has 0 aliphatic carbocycles. The number of nitro groups is 1. The van der Waals surface area contributed by atoms with E-state index in [1.54, 1.807) is 0 Å². The van der Waals surface area contributed by atoms with Crippen LogP contribution < -0.4 is 5.32 Å². The van der Waals surface area contributed by atoms with Crippen LogP contribution in [-0.4, -0.2) is 87.8 Å². The van der Waals surface area contributed by atoms with Gasteiger partial charge in [-0.15, -0.1) is 0 Å². The topological polar surface area (TPSA) is 201 Å². The number of alkyl carbamates (subject to hydrolysis) is 1. The number of H-pyrrole nitrogens is 1. The van der Waals surface area contributed by atoms with E-state index in [1.165, 1.54) is 23.6 Å². The Hall–Kier alpha value is -5.81. The van der Waals surface area contributed by atoms with Gasteiger partial charge >= 0.3 is 6.09 Å². The largest absolute Gasteiger partial charge is 0.436 e. The first-order chi connectivity index (χ1) is 23.5. The second-order valence-corrected chi connectivity index (χ2v) is 13.1. The predicted octanol–water partition coefficient (Wildman–Crippen LogP) is 3.52. The van der Waals surface area contributed by atoms with Crippen LogP contribution in [0, 0.1) is 10.1 Å². The molecule has 0 spiro atoms. The first-order valence-corrected chi connectivity index (χ1v) is 16.5. The number of imidazole rings is 1. The summed E-state index contributed by atoms with van der Waals surface area (Å²) in [5.41, 5.74) is 0.993. The number of sulfonamides is 1. The number of nitrogens with zero attached hydrogens (tertiary/aromatic N) is 6. The van der Waals surface area contributed by atoms with Crippen molar-refractivity contribution in [2.24, 2.45) is 4.99 Å². The Morgan fingerprint density at radius 1 is 1.06 bits per heavy atom. The molecule has 16 nitrogen and oxygen atoms in total. The number of amides is 3. The van der Waals surface area contributed by atoms with Gasteiger partial charge in [0.15, 0.2) is 23.0 Å². The number of benzene rings is 3. The molecule has 3 heterocycles. The minimum absolute atomic E-state index is 0.0520. The Bertz CT molecular complexity index is 2000. The van der Waals surface area contributed by atoms with Crippen molar-refractivity contribution in [3.05, 3.63) is 117 Å². The van der Waals surface area contributed by atoms with Crippen molar-refractivity contribution in [3.63, 3.8) is 0 Å². The molecule has 252 valence electrons. The number of piperazine rings is 1. The second-order valence-electron chi connectivity index (χ2n) is 10.9. The van der Waals surface area contributed by atoms with Crippen LogP contribution in [0.15, 0.2) is 95.1 Å². The average Bonchev–Trinajstić information content (AvgIpc) is 3.58. The molecule has 0 radical (unpaired) electrons. The molecule has 6 rings (SSSR count). The summed E-state index contributed by atoms with van der Waals surface area (Å²) in [6, 6.07) is 21.3. The Labute approximate surface area is 284 Å². The van der Waals surface area contributed by atoms with E-state index in [0.29, 0.717) is 15.8 Å². The first kappa shape index (κ1) is 33.1. The number of aliphatic imine (C=N–C) groups is 1. The van der Waals surface area contributed by atoms with Gasteiger partial charge in [0.2, 0.25) is 5.91 Å². The molecule has 2 aliphatic heterocycles. The number of nitrogens with one attached hydrogen (secondary N) is 2. The Morgan fingerprint density at radius 2 is 1.73 bits per heavy atom. The third kappa shape index (κ3) is 6.93. The molecule has 49 heavy (non-hydrogen) atoms. The highest BCUT2D eigenvalue weighted by Crippen LogP contribution is 2.32. The van der Waals surface area contributed by atoms with Crippen molar-refractivity contribution < 1.29 is 32.5 Å². The van der Waals surface area contributed by atoms with Crippen molar-refractivity contribution in [1.82, 2.24) is 29.4 Å². The van der Waals surface area contributed by atoms with Crippen LogP contribution in [0.4, 0.5) is 16.3 Å². The van der Waals surface area contributed by atoms with Crippen LogP contribution in [0.3, 0.4) is 0 Å². The number of fused-ring (bicyclic) bond motifs is 1. The second kappa shape index (κ2) is 13.7. The van der Waals surface area contributed by atoms with Gasteiger partial charge < -0.3 is 19.5 Å². The first-order valence-electron chi connectivity index (χ1n) is 14.7. The zero-order valence-corrected chi connectivity index (χ0v) is 27.0. The van der Waals surface area contributed by atoms with Gasteiger partial charge in [-0.25, -0.2) is 27.5 Å². The average molecular weight is 707 g/mol. The van der Waals surface area contributed by atoms with Gasteiger partial charge in [-0.05, 0) is 23.3 Å². The molecule has 3 amide bonds. The molecule has 2 N–H and O–H groups in total. The molecular weight excluding hydrogens is 680 g/mol. The lowest BCUT2D eigenvalue weighted by Crippen LogP contribution is -2.56. The Kier molecular flexibility index (Phi) is 9.28. The number of aromatic nitrogens is 2. The van der Waals surface area contributed by atoms with E-state index in [4.69, 9.17) is 16.3 Å². The van der Waals surface area contributed by atoms with Crippen LogP contribution in [0.1, 0.15) is 29.1 Å². The van der Waals surface area contributed by atoms with Crippen LogP contribution >= 0.6 is 11.6 Å². The summed E-state index contributed by atoms with van der Waals surface area (Å²) in [7, 11) is -4.64. The standard InChI is InChI=1S/C31H27ClN8O8S/c32-22-11-12-24(23(15-22)40(44)45)49(46,47)39-14-13-37(17-26(39)42)25(41)16-38-19-35-29-27(33-18-34-29)30(38)36-31(43)48-28(20-7-3-1-4-8-20)21-9-5-2-6-10-21/h1-12,15,18-19,28,30H,13-14,16-17H2,(H,33,34)(H,36,43). The van der Waals surface area contributed by atoms with E-state index in [9.17, 15) is 32.9 Å². The minimum Gasteiger partial charge on any atom is -0.436 e. The third-order valence-electron chi connectivity index (χ3n) is 7.79. The van der Waals surface area contributed by atoms with Gasteiger partial charge in [0, 0.05) is 17.6 Å². The number of rotatable bonds is 9. The van der Waals surface area contributed by atoms with Crippen molar-refractivity contribution >= 4 is 57.4 Å². The van der Waals surface area contributed by atoms with Gasteiger partial charge in [-0.1, -0.05) is 72.3 Å². The fourth-order valence-electron chi connectivity index (χ4n) is 5.43. The van der Waals surface area contributed by atoms with Crippen molar-refractivity contribution in [3.8, 4) is 0 Å². The number of hydrogen-bond donors (Lipinski definition) is 2. The summed E-state index contributed by atoms with van der Waals surface area (Å²) in [5.74, 6) is -1.20. The summed E-state index contributed by atoms with van der Waals surface area (Å²) in [6.45, 7) is -1.64. The Balaban J connectivity index is 1.16. The van der Waals surface area contributed by atoms with Crippen molar-refractivity contribution in [1.29, 1.82) is 0 Å². The van der Waals surface area contributed by atoms with Crippen LogP contribution in [0.5, 0.6) is 0 Å². The molecule has 0 bridgehead atoms. The summed E-state index contributed by atoms with van der Waals surface area (Å²) in [5, 5.41) is 14.2. The maximum Gasteiger partial charge on any atom is 0.410 e. The number of ether oxygens (including phenoxy) is 1. The highest BCUT2D eigenvalue weighted by atomic mass is 35.5.